The van der Waals surface area contributed by atoms with E-state index in [1.54, 1.807) is 19.2 Å². The van der Waals surface area contributed by atoms with Crippen LogP contribution in [0.25, 0.3) is 0 Å². The van der Waals surface area contributed by atoms with E-state index in [4.69, 9.17) is 28.4 Å². The van der Waals surface area contributed by atoms with Gasteiger partial charge < -0.3 is 33.3 Å². The number of aryl methyl sites for hydroxylation is 1. The van der Waals surface area contributed by atoms with Gasteiger partial charge in [0.1, 0.15) is 5.75 Å². The number of benzene rings is 2. The predicted octanol–water partition coefficient (Wildman–Crippen LogP) is 8.40. The molecule has 1 heterocycles. The number of halogens is 1. The molecule has 4 rings (SSSR count). The first-order valence-corrected chi connectivity index (χ1v) is 17.3. The van der Waals surface area contributed by atoms with Crippen LogP contribution in [0.4, 0.5) is 0 Å². The Morgan fingerprint density at radius 3 is 2.11 bits per heavy atom. The van der Waals surface area contributed by atoms with Crippen molar-refractivity contribution in [2.24, 2.45) is 11.3 Å². The summed E-state index contributed by atoms with van der Waals surface area (Å²) in [5, 5.41) is 0. The number of carbonyl (C=O) groups excluding carboxylic acids is 1. The fraction of sp³-hybridized carbons (Fsp3) is 0.649. The molecule has 9 heteroatoms. The van der Waals surface area contributed by atoms with E-state index in [0.29, 0.717) is 39.5 Å². The molecular formula is C37H56BrNO7. The summed E-state index contributed by atoms with van der Waals surface area (Å²) in [5.41, 5.74) is 2.83. The number of ether oxygens (including phenoxy) is 6. The van der Waals surface area contributed by atoms with Crippen LogP contribution in [0.1, 0.15) is 93.8 Å². The van der Waals surface area contributed by atoms with Gasteiger partial charge in [-0.2, -0.15) is 0 Å². The lowest BCUT2D eigenvalue weighted by Crippen LogP contribution is -2.40. The molecule has 2 aromatic rings. The molecule has 1 aliphatic heterocycles. The molecule has 1 atom stereocenters. The molecule has 0 bridgehead atoms. The van der Waals surface area contributed by atoms with Gasteiger partial charge in [0.15, 0.2) is 17.3 Å². The number of ketones is 1. The van der Waals surface area contributed by atoms with Gasteiger partial charge in [-0.3, -0.25) is 4.79 Å². The summed E-state index contributed by atoms with van der Waals surface area (Å²) in [6.07, 6.45) is 6.10. The third-order valence-corrected chi connectivity index (χ3v) is 10.3. The Morgan fingerprint density at radius 2 is 1.59 bits per heavy atom. The fourth-order valence-corrected chi connectivity index (χ4v) is 7.00. The van der Waals surface area contributed by atoms with Gasteiger partial charge in [0, 0.05) is 23.9 Å². The molecule has 2 aromatic carbocycles. The smallest absolute Gasteiger partial charge is 0.204 e. The molecule has 1 unspecified atom stereocenters. The van der Waals surface area contributed by atoms with Crippen molar-refractivity contribution < 1.29 is 33.2 Å². The third-order valence-electron chi connectivity index (χ3n) is 9.40. The molecule has 258 valence electrons. The van der Waals surface area contributed by atoms with Crippen LogP contribution < -0.4 is 18.9 Å². The maximum Gasteiger partial charge on any atom is 0.204 e. The molecule has 1 spiro atoms. The number of likely N-dealkylation sites (N-methyl/N-ethyl adjacent to an activating group) is 1. The van der Waals surface area contributed by atoms with Crippen LogP contribution in [0.2, 0.25) is 0 Å². The fourth-order valence-electron chi connectivity index (χ4n) is 6.67. The van der Waals surface area contributed by atoms with E-state index in [-0.39, 0.29) is 17.7 Å². The van der Waals surface area contributed by atoms with Gasteiger partial charge in [-0.15, -0.1) is 0 Å². The summed E-state index contributed by atoms with van der Waals surface area (Å²) >= 11 is 3.47. The van der Waals surface area contributed by atoms with Crippen molar-refractivity contribution in [1.29, 1.82) is 0 Å². The van der Waals surface area contributed by atoms with E-state index < -0.39 is 0 Å². The van der Waals surface area contributed by atoms with Gasteiger partial charge in [0.05, 0.1) is 52.3 Å². The number of hydrogen-bond acceptors (Lipinski definition) is 8. The van der Waals surface area contributed by atoms with Crippen molar-refractivity contribution in [3.05, 3.63) is 44.9 Å². The molecule has 0 radical (unpaired) electrons. The van der Waals surface area contributed by atoms with Crippen molar-refractivity contribution in [2.75, 3.05) is 54.7 Å². The average Bonchev–Trinajstić information content (AvgIpc) is 3.42. The Bertz CT molecular complexity index is 1310. The van der Waals surface area contributed by atoms with E-state index in [1.807, 2.05) is 19.9 Å². The van der Waals surface area contributed by atoms with Crippen LogP contribution in [-0.2, 0) is 9.47 Å². The SMILES string of the molecule is CCCN(CC)CC1COC2(CCC(C(C)(C)C)CC2)O1.COc1cc(C)c(C(=O)c2c(OC)ccc(Br)c2C)c(OC)c1OC. The summed E-state index contributed by atoms with van der Waals surface area (Å²) in [7, 11) is 6.09. The van der Waals surface area contributed by atoms with Crippen molar-refractivity contribution in [2.45, 2.75) is 92.5 Å². The standard InChI is InChI=1S/C19H21BrO5.C18H35NO2/c1-10-9-14(23-4)18(24-5)19(25-6)15(10)17(21)16-11(2)12(20)7-8-13(16)22-3;1-6-12-19(7-2)13-16-14-20-18(21-16)10-8-15(9-11-18)17(3,4)5/h7-9H,1-6H3;15-16H,6-14H2,1-5H3. The Hall–Kier alpha value is -2.33. The van der Waals surface area contributed by atoms with E-state index in [1.165, 1.54) is 40.6 Å². The highest BCUT2D eigenvalue weighted by atomic mass is 79.9. The van der Waals surface area contributed by atoms with Gasteiger partial charge in [-0.1, -0.05) is 50.5 Å². The van der Waals surface area contributed by atoms with Gasteiger partial charge in [0.25, 0.3) is 0 Å². The van der Waals surface area contributed by atoms with Crippen LogP contribution in [0.15, 0.2) is 22.7 Å². The topological polar surface area (TPSA) is 75.7 Å². The molecule has 2 aliphatic rings. The minimum Gasteiger partial charge on any atom is -0.496 e. The number of nitrogens with zero attached hydrogens (tertiary/aromatic N) is 1. The predicted molar refractivity (Wildman–Crippen MR) is 187 cm³/mol. The van der Waals surface area contributed by atoms with Gasteiger partial charge in [0.2, 0.25) is 11.5 Å². The second-order valence-electron chi connectivity index (χ2n) is 13.4. The van der Waals surface area contributed by atoms with Crippen molar-refractivity contribution in [3.63, 3.8) is 0 Å². The first-order chi connectivity index (χ1) is 21.8. The lowest BCUT2D eigenvalue weighted by atomic mass is 9.71. The maximum atomic E-state index is 13.4. The summed E-state index contributed by atoms with van der Waals surface area (Å²) in [6, 6.07) is 5.37. The number of rotatable bonds is 11. The zero-order chi connectivity index (χ0) is 34.2. The van der Waals surface area contributed by atoms with E-state index in [0.717, 1.165) is 60.6 Å². The van der Waals surface area contributed by atoms with Crippen molar-refractivity contribution in [3.8, 4) is 23.0 Å². The van der Waals surface area contributed by atoms with Crippen molar-refractivity contribution >= 4 is 21.7 Å². The maximum absolute atomic E-state index is 13.4. The zero-order valence-corrected chi connectivity index (χ0v) is 31.5. The lowest BCUT2D eigenvalue weighted by Gasteiger charge is -2.41. The number of hydrogen-bond donors (Lipinski definition) is 0. The second-order valence-corrected chi connectivity index (χ2v) is 14.3. The highest BCUT2D eigenvalue weighted by molar-refractivity contribution is 9.10. The zero-order valence-electron chi connectivity index (χ0n) is 29.9. The molecule has 8 nitrogen and oxygen atoms in total. The molecule has 46 heavy (non-hydrogen) atoms. The average molecular weight is 707 g/mol. The van der Waals surface area contributed by atoms with Crippen LogP contribution in [0.5, 0.6) is 23.0 Å². The van der Waals surface area contributed by atoms with Gasteiger partial charge in [-0.25, -0.2) is 0 Å². The van der Waals surface area contributed by atoms with E-state index in [2.05, 4.69) is 55.4 Å². The van der Waals surface area contributed by atoms with Crippen LogP contribution in [-0.4, -0.2) is 77.3 Å². The minimum atomic E-state index is -0.252. The lowest BCUT2D eigenvalue weighted by molar-refractivity contribution is -0.197. The molecule has 0 aromatic heterocycles. The normalized spacial score (nSPS) is 21.2. The van der Waals surface area contributed by atoms with E-state index in [9.17, 15) is 4.79 Å². The summed E-state index contributed by atoms with van der Waals surface area (Å²) in [5.74, 6) is 2.08. The third kappa shape index (κ3) is 8.77. The number of methoxy groups -OCH3 is 4. The highest BCUT2D eigenvalue weighted by Gasteiger charge is 2.46. The molecule has 1 saturated carbocycles. The largest absolute Gasteiger partial charge is 0.496 e. The molecule has 2 fully saturated rings. The van der Waals surface area contributed by atoms with Crippen LogP contribution in [0.3, 0.4) is 0 Å². The molecule has 1 saturated heterocycles. The second kappa shape index (κ2) is 16.7. The highest BCUT2D eigenvalue weighted by Crippen LogP contribution is 2.46. The van der Waals surface area contributed by atoms with Gasteiger partial charge >= 0.3 is 0 Å². The quantitative estimate of drug-likeness (QED) is 0.216. The van der Waals surface area contributed by atoms with Crippen LogP contribution >= 0.6 is 15.9 Å². The Kier molecular flexibility index (Phi) is 13.8. The van der Waals surface area contributed by atoms with Crippen LogP contribution in [0, 0.1) is 25.2 Å². The Labute approximate surface area is 285 Å². The summed E-state index contributed by atoms with van der Waals surface area (Å²) in [4.78, 5) is 15.9. The first-order valence-electron chi connectivity index (χ1n) is 16.5. The molecule has 0 N–H and O–H groups in total. The first kappa shape index (κ1) is 38.1. The van der Waals surface area contributed by atoms with Gasteiger partial charge in [-0.05, 0) is 86.9 Å². The molecule has 1 aliphatic carbocycles. The monoisotopic (exact) mass is 705 g/mol. The summed E-state index contributed by atoms with van der Waals surface area (Å²) < 4.78 is 35.0. The minimum absolute atomic E-state index is 0.203. The van der Waals surface area contributed by atoms with Crippen molar-refractivity contribution in [1.82, 2.24) is 4.90 Å². The molecular weight excluding hydrogens is 650 g/mol. The molecule has 0 amide bonds. The summed E-state index contributed by atoms with van der Waals surface area (Å²) in [6.45, 7) is 19.3. The number of carbonyl (C=O) groups is 1. The Morgan fingerprint density at radius 1 is 0.957 bits per heavy atom. The Balaban J connectivity index is 0.000000254. The van der Waals surface area contributed by atoms with E-state index >= 15 is 0 Å².